The summed E-state index contributed by atoms with van der Waals surface area (Å²) in [6.07, 6.45) is 14.8. The van der Waals surface area contributed by atoms with Gasteiger partial charge in [0, 0.05) is 0 Å². The largest absolute Gasteiger partial charge is 0.469 e. The summed E-state index contributed by atoms with van der Waals surface area (Å²) in [7, 11) is 1.44. The van der Waals surface area contributed by atoms with Crippen LogP contribution in [0.5, 0.6) is 0 Å². The predicted octanol–water partition coefficient (Wildman–Crippen LogP) is 7.03. The smallest absolute Gasteiger partial charge is 0.309 e. The van der Waals surface area contributed by atoms with Crippen LogP contribution in [0.2, 0.25) is 0 Å². The molecule has 0 rings (SSSR count). The van der Waals surface area contributed by atoms with Crippen LogP contribution in [-0.2, 0) is 19.1 Å². The van der Waals surface area contributed by atoms with Gasteiger partial charge in [-0.3, -0.25) is 9.59 Å². The summed E-state index contributed by atoms with van der Waals surface area (Å²) in [5.41, 5.74) is -0.367. The fourth-order valence-electron chi connectivity index (χ4n) is 2.67. The molecule has 0 unspecified atom stereocenters. The average molecular weight is 411 g/mol. The van der Waals surface area contributed by atoms with Crippen LogP contribution in [0.25, 0.3) is 0 Å². The van der Waals surface area contributed by atoms with E-state index in [2.05, 4.69) is 17.9 Å². The molecule has 0 fully saturated rings. The second-order valence-electron chi connectivity index (χ2n) is 8.71. The minimum Gasteiger partial charge on any atom is -0.469 e. The van der Waals surface area contributed by atoms with Crippen molar-refractivity contribution in [3.05, 3.63) is 25.3 Å². The summed E-state index contributed by atoms with van der Waals surface area (Å²) in [6.45, 7) is 16.9. The van der Waals surface area contributed by atoms with Gasteiger partial charge in [0.25, 0.3) is 0 Å². The van der Waals surface area contributed by atoms with Crippen molar-refractivity contribution in [1.82, 2.24) is 0 Å². The molecule has 0 N–H and O–H groups in total. The van der Waals surface area contributed by atoms with Crippen molar-refractivity contribution < 1.29 is 19.1 Å². The van der Waals surface area contributed by atoms with Crippen molar-refractivity contribution >= 4 is 11.9 Å². The third-order valence-corrected chi connectivity index (χ3v) is 4.50. The number of allylic oxidation sites excluding steroid dienone is 2. The summed E-state index contributed by atoms with van der Waals surface area (Å²) in [5.74, 6) is -0.100. The number of rotatable bonds is 14. The highest BCUT2D eigenvalue weighted by Gasteiger charge is 2.21. The number of carbonyl (C=O) groups is 2. The van der Waals surface area contributed by atoms with E-state index in [4.69, 9.17) is 4.74 Å². The number of hydrogen-bond donors (Lipinski definition) is 0. The number of carbonyl (C=O) groups excluding carboxylic acids is 2. The molecule has 0 saturated carbocycles. The zero-order valence-electron chi connectivity index (χ0n) is 19.9. The Morgan fingerprint density at radius 2 is 1.21 bits per heavy atom. The van der Waals surface area contributed by atoms with Gasteiger partial charge >= 0.3 is 11.9 Å². The summed E-state index contributed by atoms with van der Waals surface area (Å²) >= 11 is 0. The van der Waals surface area contributed by atoms with Crippen LogP contribution >= 0.6 is 0 Å². The second kappa shape index (κ2) is 18.4. The maximum absolute atomic E-state index is 11.6. The van der Waals surface area contributed by atoms with Gasteiger partial charge in [0.1, 0.15) is 5.60 Å². The molecule has 0 aliphatic carbocycles. The van der Waals surface area contributed by atoms with Gasteiger partial charge in [-0.2, -0.15) is 0 Å². The molecule has 4 heteroatoms. The molecule has 4 nitrogen and oxygen atoms in total. The summed E-state index contributed by atoms with van der Waals surface area (Å²) < 4.78 is 9.96. The van der Waals surface area contributed by atoms with Gasteiger partial charge in [0.05, 0.1) is 18.9 Å². The van der Waals surface area contributed by atoms with E-state index in [0.717, 1.165) is 38.5 Å². The van der Waals surface area contributed by atoms with E-state index in [-0.39, 0.29) is 29.4 Å². The third-order valence-electron chi connectivity index (χ3n) is 4.50. The van der Waals surface area contributed by atoms with Crippen LogP contribution < -0.4 is 0 Å². The molecule has 0 bridgehead atoms. The molecule has 0 spiro atoms. The molecule has 0 aliphatic rings. The Hall–Kier alpha value is -1.58. The zero-order chi connectivity index (χ0) is 22.7. The summed E-state index contributed by atoms with van der Waals surface area (Å²) in [6, 6.07) is 0. The van der Waals surface area contributed by atoms with Crippen LogP contribution in [0.4, 0.5) is 0 Å². The lowest BCUT2D eigenvalue weighted by Crippen LogP contribution is -2.27. The minimum absolute atomic E-state index is 0.0166. The normalized spacial score (nSPS) is 12.8. The van der Waals surface area contributed by atoms with E-state index in [0.29, 0.717) is 0 Å². The van der Waals surface area contributed by atoms with Crippen molar-refractivity contribution in [3.63, 3.8) is 0 Å². The molecule has 0 aromatic rings. The van der Waals surface area contributed by atoms with Gasteiger partial charge in [-0.05, 0) is 59.3 Å². The molecule has 0 amide bonds. The molecule has 2 atom stereocenters. The Bertz CT molecular complexity index is 448. The summed E-state index contributed by atoms with van der Waals surface area (Å²) in [5, 5.41) is 0. The van der Waals surface area contributed by atoms with Gasteiger partial charge in [-0.25, -0.2) is 0 Å². The number of ether oxygens (including phenoxy) is 2. The predicted molar refractivity (Wildman–Crippen MR) is 123 cm³/mol. The van der Waals surface area contributed by atoms with E-state index >= 15 is 0 Å². The van der Waals surface area contributed by atoms with Gasteiger partial charge in [0.2, 0.25) is 0 Å². The lowest BCUT2D eigenvalue weighted by molar-refractivity contribution is -0.159. The zero-order valence-corrected chi connectivity index (χ0v) is 19.9. The van der Waals surface area contributed by atoms with Crippen molar-refractivity contribution in [2.75, 3.05) is 7.11 Å². The standard InChI is InChI=1S/C14H26O2.C11H20O2/c1-6-7-8-9-10-11-12(2)13(15)16-14(3,4)5;1-4-5-6-7-8-9-10(2)11(12)13-3/h6,12H,1,7-11H2,2-5H3;4,10H,1,5-9H2,2-3H3/t12-;10-/m11/s1. The number of hydrogen-bond acceptors (Lipinski definition) is 4. The average Bonchev–Trinajstić information content (AvgIpc) is 2.65. The van der Waals surface area contributed by atoms with Crippen molar-refractivity contribution in [3.8, 4) is 0 Å². The topological polar surface area (TPSA) is 52.6 Å². The first-order valence-corrected chi connectivity index (χ1v) is 11.1. The number of esters is 2. The van der Waals surface area contributed by atoms with Crippen molar-refractivity contribution in [2.45, 2.75) is 104 Å². The van der Waals surface area contributed by atoms with E-state index in [1.165, 1.54) is 32.8 Å². The molecule has 0 aliphatic heterocycles. The van der Waals surface area contributed by atoms with Gasteiger partial charge in [-0.1, -0.05) is 51.7 Å². The molecule has 0 aromatic heterocycles. The highest BCUT2D eigenvalue weighted by Crippen LogP contribution is 2.16. The molecule has 170 valence electrons. The quantitative estimate of drug-likeness (QED) is 0.175. The first-order chi connectivity index (χ1) is 13.6. The Labute approximate surface area is 180 Å². The van der Waals surface area contributed by atoms with Gasteiger partial charge < -0.3 is 9.47 Å². The highest BCUT2D eigenvalue weighted by molar-refractivity contribution is 5.72. The molecule has 0 heterocycles. The molecule has 0 radical (unpaired) electrons. The Kier molecular flexibility index (Phi) is 18.8. The van der Waals surface area contributed by atoms with Crippen LogP contribution in [0.3, 0.4) is 0 Å². The first kappa shape index (κ1) is 29.6. The molecule has 0 saturated heterocycles. The summed E-state index contributed by atoms with van der Waals surface area (Å²) in [4.78, 5) is 22.6. The SMILES string of the molecule is C=CCCCCC[C@@H](C)C(=O)OC.C=CCCCCC[C@@H](C)C(=O)OC(C)(C)C. The van der Waals surface area contributed by atoms with Crippen LogP contribution in [0, 0.1) is 11.8 Å². The molecular formula is C25H46O4. The lowest BCUT2D eigenvalue weighted by atomic mass is 10.0. The van der Waals surface area contributed by atoms with E-state index in [1.807, 2.05) is 46.8 Å². The molecular weight excluding hydrogens is 364 g/mol. The number of unbranched alkanes of at least 4 members (excludes halogenated alkanes) is 6. The lowest BCUT2D eigenvalue weighted by Gasteiger charge is -2.22. The van der Waals surface area contributed by atoms with Gasteiger partial charge in [-0.15, -0.1) is 13.2 Å². The fourth-order valence-corrected chi connectivity index (χ4v) is 2.67. The Morgan fingerprint density at radius 1 is 0.793 bits per heavy atom. The fraction of sp³-hybridized carbons (Fsp3) is 0.760. The first-order valence-electron chi connectivity index (χ1n) is 11.1. The van der Waals surface area contributed by atoms with Crippen LogP contribution in [0.15, 0.2) is 25.3 Å². The molecule has 0 aromatic carbocycles. The van der Waals surface area contributed by atoms with Crippen molar-refractivity contribution in [2.24, 2.45) is 11.8 Å². The Morgan fingerprint density at radius 3 is 1.55 bits per heavy atom. The molecule has 29 heavy (non-hydrogen) atoms. The Balaban J connectivity index is 0. The van der Waals surface area contributed by atoms with Crippen LogP contribution in [0.1, 0.15) is 98.8 Å². The van der Waals surface area contributed by atoms with Crippen molar-refractivity contribution in [1.29, 1.82) is 0 Å². The van der Waals surface area contributed by atoms with E-state index in [1.54, 1.807) is 0 Å². The maximum atomic E-state index is 11.6. The highest BCUT2D eigenvalue weighted by atomic mass is 16.6. The maximum Gasteiger partial charge on any atom is 0.309 e. The number of methoxy groups -OCH3 is 1. The van der Waals surface area contributed by atoms with Gasteiger partial charge in [0.15, 0.2) is 0 Å². The van der Waals surface area contributed by atoms with E-state index < -0.39 is 0 Å². The monoisotopic (exact) mass is 410 g/mol. The van der Waals surface area contributed by atoms with E-state index in [9.17, 15) is 9.59 Å². The minimum atomic E-state index is -0.367. The third kappa shape index (κ3) is 21.0. The second-order valence-corrected chi connectivity index (χ2v) is 8.71. The van der Waals surface area contributed by atoms with Crippen LogP contribution in [-0.4, -0.2) is 24.6 Å².